The Morgan fingerprint density at radius 1 is 1.17 bits per heavy atom. The first-order chi connectivity index (χ1) is 16.9. The molecular weight excluding hydrogens is 456 g/mol. The number of hydrogen-bond donors (Lipinski definition) is 1. The van der Waals surface area contributed by atoms with E-state index in [1.54, 1.807) is 10.9 Å². The highest BCUT2D eigenvalue weighted by molar-refractivity contribution is 6.08. The quantitative estimate of drug-likeness (QED) is 0.556. The molecular formula is C24H31F2N7O2. The van der Waals surface area contributed by atoms with Crippen LogP contribution in [0, 0.1) is 11.8 Å². The molecule has 11 heteroatoms. The molecule has 1 aliphatic carbocycles. The number of ether oxygens (including phenoxy) is 1. The lowest BCUT2D eigenvalue weighted by atomic mass is 9.80. The Morgan fingerprint density at radius 3 is 2.60 bits per heavy atom. The van der Waals surface area contributed by atoms with Crippen molar-refractivity contribution in [3.63, 3.8) is 0 Å². The fourth-order valence-electron chi connectivity index (χ4n) is 5.06. The Kier molecular flexibility index (Phi) is 6.68. The predicted octanol–water partition coefficient (Wildman–Crippen LogP) is 4.34. The van der Waals surface area contributed by atoms with E-state index in [0.717, 1.165) is 25.7 Å². The summed E-state index contributed by atoms with van der Waals surface area (Å²) in [5.41, 5.74) is 0.192. The maximum atomic E-state index is 13.8. The van der Waals surface area contributed by atoms with Crippen molar-refractivity contribution < 1.29 is 18.3 Å². The van der Waals surface area contributed by atoms with E-state index in [1.165, 1.54) is 16.9 Å². The number of fused-ring (bicyclic) bond motifs is 1. The molecule has 0 aromatic carbocycles. The molecule has 9 nitrogen and oxygen atoms in total. The smallest absolute Gasteiger partial charge is 0.284 e. The minimum absolute atomic E-state index is 0.0275. The van der Waals surface area contributed by atoms with Gasteiger partial charge in [0.1, 0.15) is 11.4 Å². The average molecular weight is 488 g/mol. The summed E-state index contributed by atoms with van der Waals surface area (Å²) in [6.45, 7) is 7.07. The number of nitrogens with one attached hydrogen (secondary N) is 1. The third-order valence-electron chi connectivity index (χ3n) is 7.21. The van der Waals surface area contributed by atoms with Gasteiger partial charge in [-0.25, -0.2) is 18.3 Å². The molecule has 3 aromatic heterocycles. The van der Waals surface area contributed by atoms with Crippen LogP contribution in [-0.4, -0.2) is 56.6 Å². The summed E-state index contributed by atoms with van der Waals surface area (Å²) in [4.78, 5) is 19.8. The minimum Gasteiger partial charge on any atom is -0.378 e. The predicted molar refractivity (Wildman–Crippen MR) is 127 cm³/mol. The van der Waals surface area contributed by atoms with Gasteiger partial charge in [-0.2, -0.15) is 10.2 Å². The summed E-state index contributed by atoms with van der Waals surface area (Å²) < 4.78 is 36.1. The van der Waals surface area contributed by atoms with Gasteiger partial charge in [0.15, 0.2) is 11.3 Å². The van der Waals surface area contributed by atoms with Crippen molar-refractivity contribution in [1.29, 1.82) is 0 Å². The standard InChI is InChI=1S/C24H31F2N7O2/c1-15(2)16-3-5-17(6-4-16)33-14-19(21(30-33)22(25)26)28-24(34)18-13-27-32-8-7-20(29-23(18)32)31-9-11-35-12-10-31/h7-8,13-17,22H,3-6,9-12H2,1-2H3,(H,28,34)/t16-,17-. The van der Waals surface area contributed by atoms with Crippen molar-refractivity contribution in [2.24, 2.45) is 11.8 Å². The maximum Gasteiger partial charge on any atom is 0.284 e. The molecule has 3 aromatic rings. The fourth-order valence-corrected chi connectivity index (χ4v) is 5.06. The first kappa shape index (κ1) is 23.7. The number of rotatable bonds is 6. The Labute approximate surface area is 202 Å². The van der Waals surface area contributed by atoms with Crippen LogP contribution in [-0.2, 0) is 4.74 Å². The molecule has 0 unspecified atom stereocenters. The number of hydrogen-bond acceptors (Lipinski definition) is 6. The molecule has 0 radical (unpaired) electrons. The van der Waals surface area contributed by atoms with Gasteiger partial charge < -0.3 is 15.0 Å². The summed E-state index contributed by atoms with van der Waals surface area (Å²) in [6.07, 6.45) is 5.76. The second-order valence-corrected chi connectivity index (χ2v) is 9.69. The zero-order valence-corrected chi connectivity index (χ0v) is 20.0. The molecule has 0 atom stereocenters. The zero-order chi connectivity index (χ0) is 24.5. The van der Waals surface area contributed by atoms with E-state index >= 15 is 0 Å². The van der Waals surface area contributed by atoms with Crippen LogP contribution < -0.4 is 10.2 Å². The molecule has 35 heavy (non-hydrogen) atoms. The van der Waals surface area contributed by atoms with E-state index in [4.69, 9.17) is 4.74 Å². The first-order valence-corrected chi connectivity index (χ1v) is 12.3. The first-order valence-electron chi connectivity index (χ1n) is 12.3. The number of alkyl halides is 2. The molecule has 0 bridgehead atoms. The Bertz CT molecular complexity index is 1180. The zero-order valence-electron chi connectivity index (χ0n) is 20.0. The lowest BCUT2D eigenvalue weighted by Crippen LogP contribution is -2.36. The van der Waals surface area contributed by atoms with E-state index in [1.807, 2.05) is 6.07 Å². The van der Waals surface area contributed by atoms with Crippen LogP contribution in [0.25, 0.3) is 5.65 Å². The van der Waals surface area contributed by atoms with Gasteiger partial charge >= 0.3 is 0 Å². The number of carbonyl (C=O) groups excluding carboxylic acids is 1. The van der Waals surface area contributed by atoms with Crippen molar-refractivity contribution in [3.8, 4) is 0 Å². The summed E-state index contributed by atoms with van der Waals surface area (Å²) in [5, 5.41) is 11.0. The van der Waals surface area contributed by atoms with Gasteiger partial charge in [-0.1, -0.05) is 13.8 Å². The largest absolute Gasteiger partial charge is 0.378 e. The summed E-state index contributed by atoms with van der Waals surface area (Å²) in [5.74, 6) is 1.44. The van der Waals surface area contributed by atoms with Crippen LogP contribution in [0.15, 0.2) is 24.7 Å². The van der Waals surface area contributed by atoms with E-state index in [-0.39, 0.29) is 17.3 Å². The highest BCUT2D eigenvalue weighted by atomic mass is 19.3. The van der Waals surface area contributed by atoms with Crippen LogP contribution in [0.2, 0.25) is 0 Å². The monoisotopic (exact) mass is 487 g/mol. The molecule has 188 valence electrons. The Balaban J connectivity index is 1.36. The highest BCUT2D eigenvalue weighted by Crippen LogP contribution is 2.37. The van der Waals surface area contributed by atoms with E-state index in [2.05, 4.69) is 39.2 Å². The molecule has 2 aliphatic rings. The second kappa shape index (κ2) is 9.88. The molecule has 1 amide bonds. The van der Waals surface area contributed by atoms with Crippen molar-refractivity contribution in [2.75, 3.05) is 36.5 Å². The number of aromatic nitrogens is 5. The van der Waals surface area contributed by atoms with Crippen molar-refractivity contribution in [1.82, 2.24) is 24.4 Å². The summed E-state index contributed by atoms with van der Waals surface area (Å²) >= 11 is 0. The Morgan fingerprint density at radius 2 is 1.91 bits per heavy atom. The minimum atomic E-state index is -2.80. The highest BCUT2D eigenvalue weighted by Gasteiger charge is 2.28. The van der Waals surface area contributed by atoms with E-state index in [0.29, 0.717) is 49.6 Å². The molecule has 1 aliphatic heterocycles. The topological polar surface area (TPSA) is 89.6 Å². The van der Waals surface area contributed by atoms with Crippen molar-refractivity contribution in [2.45, 2.75) is 52.0 Å². The molecule has 5 rings (SSSR count). The number of amides is 1. The average Bonchev–Trinajstić information content (AvgIpc) is 3.49. The number of halogens is 2. The molecule has 4 heterocycles. The molecule has 1 N–H and O–H groups in total. The van der Waals surface area contributed by atoms with Crippen molar-refractivity contribution in [3.05, 3.63) is 35.9 Å². The molecule has 1 saturated heterocycles. The normalized spacial score (nSPS) is 21.3. The van der Waals surface area contributed by atoms with Crippen LogP contribution in [0.5, 0.6) is 0 Å². The van der Waals surface area contributed by atoms with Gasteiger partial charge in [0.05, 0.1) is 31.1 Å². The van der Waals surface area contributed by atoms with E-state index < -0.39 is 18.0 Å². The molecule has 2 fully saturated rings. The van der Waals surface area contributed by atoms with Crippen LogP contribution in [0.3, 0.4) is 0 Å². The van der Waals surface area contributed by atoms with Crippen molar-refractivity contribution >= 4 is 23.1 Å². The third kappa shape index (κ3) is 4.86. The number of anilines is 2. The van der Waals surface area contributed by atoms with Crippen LogP contribution in [0.1, 0.15) is 68.0 Å². The van der Waals surface area contributed by atoms with Gasteiger partial charge in [-0.3, -0.25) is 9.48 Å². The maximum absolute atomic E-state index is 13.8. The SMILES string of the molecule is CC(C)[C@H]1CC[C@H](n2cc(NC(=O)c3cnn4ccc(N5CCOCC5)nc34)c(C(F)F)n2)CC1. The number of carbonyl (C=O) groups is 1. The summed E-state index contributed by atoms with van der Waals surface area (Å²) in [6, 6.07) is 1.89. The molecule has 0 spiro atoms. The van der Waals surface area contributed by atoms with Crippen LogP contribution in [0.4, 0.5) is 20.3 Å². The lowest BCUT2D eigenvalue weighted by molar-refractivity contribution is 0.102. The van der Waals surface area contributed by atoms with Gasteiger partial charge in [-0.15, -0.1) is 0 Å². The van der Waals surface area contributed by atoms with Gasteiger partial charge in [-0.05, 0) is 43.6 Å². The fraction of sp³-hybridized carbons (Fsp3) is 0.583. The number of morpholine rings is 1. The van der Waals surface area contributed by atoms with Gasteiger partial charge in [0, 0.05) is 25.5 Å². The van der Waals surface area contributed by atoms with E-state index in [9.17, 15) is 13.6 Å². The third-order valence-corrected chi connectivity index (χ3v) is 7.21. The molecule has 1 saturated carbocycles. The lowest BCUT2D eigenvalue weighted by Gasteiger charge is -2.30. The summed E-state index contributed by atoms with van der Waals surface area (Å²) in [7, 11) is 0. The van der Waals surface area contributed by atoms with Gasteiger partial charge in [0.2, 0.25) is 0 Å². The second-order valence-electron chi connectivity index (χ2n) is 9.69. The number of nitrogens with zero attached hydrogens (tertiary/aromatic N) is 6. The Hall–Kier alpha value is -3.08. The van der Waals surface area contributed by atoms with Gasteiger partial charge in [0.25, 0.3) is 12.3 Å². The van der Waals surface area contributed by atoms with Crippen LogP contribution >= 0.6 is 0 Å².